The Hall–Kier alpha value is -2.24. The number of aryl methyl sites for hydroxylation is 1. The van der Waals surface area contributed by atoms with Crippen LogP contribution in [0.2, 0.25) is 0 Å². The van der Waals surface area contributed by atoms with Gasteiger partial charge >= 0.3 is 0 Å². The predicted octanol–water partition coefficient (Wildman–Crippen LogP) is 2.39. The molecule has 34 heavy (non-hydrogen) atoms. The van der Waals surface area contributed by atoms with Crippen molar-refractivity contribution >= 4 is 33.4 Å². The molecule has 11 heteroatoms. The molecule has 1 amide bonds. The van der Waals surface area contributed by atoms with Crippen LogP contribution in [-0.2, 0) is 16.6 Å². The van der Waals surface area contributed by atoms with Crippen molar-refractivity contribution in [3.63, 3.8) is 0 Å². The highest BCUT2D eigenvalue weighted by molar-refractivity contribution is 7.99. The number of amides is 1. The van der Waals surface area contributed by atoms with E-state index in [4.69, 9.17) is 4.74 Å². The largest absolute Gasteiger partial charge is 0.492 e. The van der Waals surface area contributed by atoms with Crippen LogP contribution < -0.4 is 9.64 Å². The molecule has 2 aliphatic heterocycles. The third-order valence-corrected chi connectivity index (χ3v) is 8.82. The molecule has 0 saturated carbocycles. The minimum atomic E-state index is -3.91. The lowest BCUT2D eigenvalue weighted by Crippen LogP contribution is -2.49. The number of sulfonamides is 1. The summed E-state index contributed by atoms with van der Waals surface area (Å²) in [5.74, 6) is 2.28. The molecule has 4 rings (SSSR count). The zero-order chi connectivity index (χ0) is 24.1. The van der Waals surface area contributed by atoms with E-state index in [1.807, 2.05) is 38.1 Å². The van der Waals surface area contributed by atoms with E-state index in [0.717, 1.165) is 29.4 Å². The Labute approximate surface area is 206 Å². The highest BCUT2D eigenvalue weighted by atomic mass is 32.2. The van der Waals surface area contributed by atoms with Gasteiger partial charge in [-0.15, -0.1) is 0 Å². The summed E-state index contributed by atoms with van der Waals surface area (Å²) in [5.41, 5.74) is 1.15. The van der Waals surface area contributed by atoms with Crippen molar-refractivity contribution in [3.8, 4) is 5.75 Å². The van der Waals surface area contributed by atoms with E-state index >= 15 is 0 Å². The number of piperazine rings is 1. The summed E-state index contributed by atoms with van der Waals surface area (Å²) < 4.78 is 36.1. The third-order valence-electron chi connectivity index (χ3n) is 6.04. The van der Waals surface area contributed by atoms with Gasteiger partial charge in [0.15, 0.2) is 0 Å². The first-order valence-corrected chi connectivity index (χ1v) is 14.5. The van der Waals surface area contributed by atoms with Crippen molar-refractivity contribution in [2.24, 2.45) is 0 Å². The fourth-order valence-electron chi connectivity index (χ4n) is 4.31. The Balaban J connectivity index is 1.55. The molecule has 2 aliphatic rings. The predicted molar refractivity (Wildman–Crippen MR) is 134 cm³/mol. The number of para-hydroxylation sites is 2. The summed E-state index contributed by atoms with van der Waals surface area (Å²) in [6, 6.07) is 7.81. The van der Waals surface area contributed by atoms with Gasteiger partial charge in [-0.05, 0) is 25.5 Å². The first-order chi connectivity index (χ1) is 16.5. The quantitative estimate of drug-likeness (QED) is 0.542. The Morgan fingerprint density at radius 3 is 2.44 bits per heavy atom. The SMILES string of the molecule is CCCn1cc(C(=O)N2CCSCC2)c(S(=O)(=O)N2CCN(c3ccccc3OCC)CC2)n1. The Kier molecular flexibility index (Phi) is 8.05. The number of rotatable bonds is 8. The van der Waals surface area contributed by atoms with E-state index in [2.05, 4.69) is 10.00 Å². The lowest BCUT2D eigenvalue weighted by Gasteiger charge is -2.35. The maximum Gasteiger partial charge on any atom is 0.263 e. The second kappa shape index (κ2) is 11.0. The van der Waals surface area contributed by atoms with Crippen LogP contribution in [0.1, 0.15) is 30.6 Å². The van der Waals surface area contributed by atoms with Crippen LogP contribution in [0.5, 0.6) is 5.75 Å². The minimum absolute atomic E-state index is 0.118. The second-order valence-electron chi connectivity index (χ2n) is 8.31. The Morgan fingerprint density at radius 2 is 1.76 bits per heavy atom. The van der Waals surface area contributed by atoms with Gasteiger partial charge in [0.05, 0.1) is 17.9 Å². The third kappa shape index (κ3) is 5.21. The standard InChI is InChI=1S/C23H33N5O4S2/c1-3-9-27-18-19(23(29)26-14-16-33-17-15-26)22(24-27)34(30,31)28-12-10-25(11-13-28)20-7-5-6-8-21(20)32-4-2/h5-8,18H,3-4,9-17H2,1-2H3. The number of aromatic nitrogens is 2. The first-order valence-electron chi connectivity index (χ1n) is 11.9. The van der Waals surface area contributed by atoms with Crippen LogP contribution in [0.4, 0.5) is 5.69 Å². The van der Waals surface area contributed by atoms with Gasteiger partial charge in [-0.3, -0.25) is 9.48 Å². The van der Waals surface area contributed by atoms with Crippen molar-refractivity contribution < 1.29 is 17.9 Å². The van der Waals surface area contributed by atoms with E-state index in [-0.39, 0.29) is 16.5 Å². The fourth-order valence-corrected chi connectivity index (χ4v) is 6.73. The van der Waals surface area contributed by atoms with E-state index in [1.165, 1.54) is 4.31 Å². The van der Waals surface area contributed by atoms with Crippen molar-refractivity contribution in [1.29, 1.82) is 0 Å². The Morgan fingerprint density at radius 1 is 1.06 bits per heavy atom. The van der Waals surface area contributed by atoms with E-state index < -0.39 is 10.0 Å². The van der Waals surface area contributed by atoms with Gasteiger partial charge in [0, 0.05) is 63.5 Å². The summed E-state index contributed by atoms with van der Waals surface area (Å²) in [5, 5.41) is 4.26. The zero-order valence-corrected chi connectivity index (χ0v) is 21.5. The van der Waals surface area contributed by atoms with Crippen LogP contribution in [-0.4, -0.2) is 90.7 Å². The molecule has 1 aromatic heterocycles. The second-order valence-corrected chi connectivity index (χ2v) is 11.4. The van der Waals surface area contributed by atoms with Crippen LogP contribution in [0, 0.1) is 0 Å². The highest BCUT2D eigenvalue weighted by Gasteiger charge is 2.36. The van der Waals surface area contributed by atoms with Crippen LogP contribution >= 0.6 is 11.8 Å². The van der Waals surface area contributed by atoms with Crippen molar-refractivity contribution in [3.05, 3.63) is 36.0 Å². The summed E-state index contributed by atoms with van der Waals surface area (Å²) in [4.78, 5) is 17.1. The van der Waals surface area contributed by atoms with Gasteiger partial charge in [-0.2, -0.15) is 21.2 Å². The molecule has 9 nitrogen and oxygen atoms in total. The molecule has 0 spiro atoms. The molecule has 2 aromatic rings. The zero-order valence-electron chi connectivity index (χ0n) is 19.9. The van der Waals surface area contributed by atoms with Crippen LogP contribution in [0.15, 0.2) is 35.5 Å². The summed E-state index contributed by atoms with van der Waals surface area (Å²) in [6.45, 7) is 8.02. The molecular weight excluding hydrogens is 474 g/mol. The lowest BCUT2D eigenvalue weighted by molar-refractivity contribution is 0.0768. The summed E-state index contributed by atoms with van der Waals surface area (Å²) >= 11 is 1.80. The molecule has 0 unspecified atom stereocenters. The summed E-state index contributed by atoms with van der Waals surface area (Å²) in [6.07, 6.45) is 2.40. The van der Waals surface area contributed by atoms with Crippen molar-refractivity contribution in [2.75, 3.05) is 62.3 Å². The lowest BCUT2D eigenvalue weighted by atomic mass is 10.2. The number of anilines is 1. The molecule has 0 N–H and O–H groups in total. The Bertz CT molecular complexity index is 1090. The molecule has 0 atom stereocenters. The maximum absolute atomic E-state index is 13.7. The van der Waals surface area contributed by atoms with Gasteiger partial charge < -0.3 is 14.5 Å². The number of ether oxygens (including phenoxy) is 1. The molecule has 1 aromatic carbocycles. The normalized spacial score (nSPS) is 17.7. The van der Waals surface area contributed by atoms with E-state index in [0.29, 0.717) is 52.4 Å². The van der Waals surface area contributed by atoms with Gasteiger partial charge in [-0.1, -0.05) is 19.1 Å². The molecule has 2 saturated heterocycles. The number of hydrogen-bond donors (Lipinski definition) is 0. The van der Waals surface area contributed by atoms with Gasteiger partial charge in [0.1, 0.15) is 5.75 Å². The monoisotopic (exact) mass is 507 g/mol. The number of hydrogen-bond acceptors (Lipinski definition) is 7. The summed E-state index contributed by atoms with van der Waals surface area (Å²) in [7, 11) is -3.91. The smallest absolute Gasteiger partial charge is 0.263 e. The molecule has 0 aliphatic carbocycles. The van der Waals surface area contributed by atoms with Gasteiger partial charge in [-0.25, -0.2) is 8.42 Å². The average Bonchev–Trinajstić information content (AvgIpc) is 3.30. The topological polar surface area (TPSA) is 88.0 Å². The average molecular weight is 508 g/mol. The molecule has 0 radical (unpaired) electrons. The number of nitrogens with zero attached hydrogens (tertiary/aromatic N) is 5. The molecule has 186 valence electrons. The molecular formula is C23H33N5O4S2. The van der Waals surface area contributed by atoms with Gasteiger partial charge in [0.2, 0.25) is 5.03 Å². The van der Waals surface area contributed by atoms with Crippen molar-refractivity contribution in [2.45, 2.75) is 31.8 Å². The van der Waals surface area contributed by atoms with E-state index in [9.17, 15) is 13.2 Å². The maximum atomic E-state index is 13.7. The number of thioether (sulfide) groups is 1. The minimum Gasteiger partial charge on any atom is -0.492 e. The van der Waals surface area contributed by atoms with Crippen molar-refractivity contribution in [1.82, 2.24) is 19.0 Å². The number of carbonyl (C=O) groups excluding carboxylic acids is 1. The molecule has 0 bridgehead atoms. The van der Waals surface area contributed by atoms with E-state index in [1.54, 1.807) is 27.5 Å². The first kappa shape index (κ1) is 24.9. The fraction of sp³-hybridized carbons (Fsp3) is 0.565. The molecule has 3 heterocycles. The number of benzene rings is 1. The van der Waals surface area contributed by atoms with Gasteiger partial charge in [0.25, 0.3) is 15.9 Å². The molecule has 2 fully saturated rings. The van der Waals surface area contributed by atoms with Crippen LogP contribution in [0.3, 0.4) is 0 Å². The highest BCUT2D eigenvalue weighted by Crippen LogP contribution is 2.30. The van der Waals surface area contributed by atoms with Crippen LogP contribution in [0.25, 0.3) is 0 Å². The number of carbonyl (C=O) groups is 1.